The molecule has 0 saturated heterocycles. The van der Waals surface area contributed by atoms with E-state index in [1.54, 1.807) is 6.20 Å². The number of rotatable bonds is 9. The second kappa shape index (κ2) is 9.91. The molecule has 0 fully saturated rings. The Hall–Kier alpha value is -2.59. The van der Waals surface area contributed by atoms with Crippen LogP contribution in [0.3, 0.4) is 0 Å². The Kier molecular flexibility index (Phi) is 7.00. The van der Waals surface area contributed by atoms with Gasteiger partial charge in [0.15, 0.2) is 10.6 Å². The van der Waals surface area contributed by atoms with Gasteiger partial charge in [0, 0.05) is 6.54 Å². The molecule has 3 heterocycles. The minimum atomic E-state index is -2.52. The van der Waals surface area contributed by atoms with Crippen LogP contribution in [0.2, 0.25) is 0 Å². The standard InChI is InChI=1S/C22H29F2N7S/c1-3-29(4-2)11-8-12-30-21(27-28-22(30)32)16-14-25-31-18(19(23)24)13-17(26-20(16)31)15-9-6-5-7-10-15/h5-7,9-10,14,17-19,26H,3-4,8,11-13H2,1-2H3,(H,28,32)/t17-,18+/m0/s1. The maximum absolute atomic E-state index is 14.0. The summed E-state index contributed by atoms with van der Waals surface area (Å²) in [6.07, 6.45) is 0.250. The molecule has 0 saturated carbocycles. The van der Waals surface area contributed by atoms with Crippen LogP contribution in [0, 0.1) is 4.77 Å². The van der Waals surface area contributed by atoms with Gasteiger partial charge in [-0.05, 0) is 50.3 Å². The average Bonchev–Trinajstić information content (AvgIpc) is 3.39. The van der Waals surface area contributed by atoms with Gasteiger partial charge in [0.05, 0.1) is 17.8 Å². The van der Waals surface area contributed by atoms with Gasteiger partial charge in [-0.3, -0.25) is 9.67 Å². The summed E-state index contributed by atoms with van der Waals surface area (Å²) in [6, 6.07) is 8.41. The molecule has 0 amide bonds. The summed E-state index contributed by atoms with van der Waals surface area (Å²) in [7, 11) is 0. The van der Waals surface area contributed by atoms with Crippen molar-refractivity contribution in [2.24, 2.45) is 0 Å². The predicted molar refractivity (Wildman–Crippen MR) is 124 cm³/mol. The number of nitrogens with one attached hydrogen (secondary N) is 2. The lowest BCUT2D eigenvalue weighted by molar-refractivity contribution is 0.0659. The number of aromatic nitrogens is 5. The zero-order valence-corrected chi connectivity index (χ0v) is 19.2. The highest BCUT2D eigenvalue weighted by atomic mass is 32.1. The molecular weight excluding hydrogens is 432 g/mol. The summed E-state index contributed by atoms with van der Waals surface area (Å²) in [5.74, 6) is 1.17. The Labute approximate surface area is 191 Å². The van der Waals surface area contributed by atoms with Gasteiger partial charge in [-0.15, -0.1) is 0 Å². The van der Waals surface area contributed by atoms with Crippen LogP contribution < -0.4 is 5.32 Å². The molecule has 10 heteroatoms. The van der Waals surface area contributed by atoms with E-state index in [9.17, 15) is 8.78 Å². The topological polar surface area (TPSA) is 66.7 Å². The largest absolute Gasteiger partial charge is 0.363 e. The van der Waals surface area contributed by atoms with Crippen molar-refractivity contribution >= 4 is 18.0 Å². The summed E-state index contributed by atoms with van der Waals surface area (Å²) < 4.78 is 31.8. The molecule has 0 radical (unpaired) electrons. The van der Waals surface area contributed by atoms with Crippen LogP contribution in [-0.2, 0) is 6.54 Å². The fourth-order valence-electron chi connectivity index (χ4n) is 4.32. The number of hydrogen-bond donors (Lipinski definition) is 2. The van der Waals surface area contributed by atoms with Gasteiger partial charge < -0.3 is 10.2 Å². The van der Waals surface area contributed by atoms with Crippen LogP contribution in [0.4, 0.5) is 14.6 Å². The third-order valence-corrected chi connectivity index (χ3v) is 6.45. The third kappa shape index (κ3) is 4.47. The van der Waals surface area contributed by atoms with Crippen molar-refractivity contribution in [1.82, 2.24) is 29.4 Å². The van der Waals surface area contributed by atoms with Crippen molar-refractivity contribution in [3.63, 3.8) is 0 Å². The van der Waals surface area contributed by atoms with E-state index in [0.717, 1.165) is 31.6 Å². The number of nitrogens with zero attached hydrogens (tertiary/aromatic N) is 5. The van der Waals surface area contributed by atoms with E-state index in [1.165, 1.54) is 4.68 Å². The number of halogens is 2. The van der Waals surface area contributed by atoms with Gasteiger partial charge in [-0.2, -0.15) is 10.2 Å². The third-order valence-electron chi connectivity index (χ3n) is 6.14. The second-order valence-electron chi connectivity index (χ2n) is 7.98. The quantitative estimate of drug-likeness (QED) is 0.444. The van der Waals surface area contributed by atoms with Crippen LogP contribution in [0.25, 0.3) is 11.4 Å². The zero-order chi connectivity index (χ0) is 22.7. The lowest BCUT2D eigenvalue weighted by Crippen LogP contribution is -2.31. The van der Waals surface area contributed by atoms with Crippen molar-refractivity contribution in [3.05, 3.63) is 46.9 Å². The fraction of sp³-hybridized carbons (Fsp3) is 0.500. The van der Waals surface area contributed by atoms with Crippen LogP contribution >= 0.6 is 12.2 Å². The van der Waals surface area contributed by atoms with E-state index in [2.05, 4.69) is 39.4 Å². The summed E-state index contributed by atoms with van der Waals surface area (Å²) >= 11 is 5.47. The van der Waals surface area contributed by atoms with Gasteiger partial charge in [0.2, 0.25) is 0 Å². The normalized spacial score (nSPS) is 18.2. The van der Waals surface area contributed by atoms with Crippen molar-refractivity contribution < 1.29 is 8.78 Å². The Morgan fingerprint density at radius 1 is 1.22 bits per heavy atom. The minimum Gasteiger partial charge on any atom is -0.363 e. The van der Waals surface area contributed by atoms with Gasteiger partial charge in [-0.25, -0.2) is 13.5 Å². The number of H-pyrrole nitrogens is 1. The molecule has 7 nitrogen and oxygen atoms in total. The molecule has 4 rings (SSSR count). The Morgan fingerprint density at radius 3 is 2.66 bits per heavy atom. The molecule has 2 N–H and O–H groups in total. The molecule has 32 heavy (non-hydrogen) atoms. The Bertz CT molecular complexity index is 1070. The molecule has 0 bridgehead atoms. The number of benzene rings is 1. The van der Waals surface area contributed by atoms with Gasteiger partial charge >= 0.3 is 0 Å². The highest BCUT2D eigenvalue weighted by molar-refractivity contribution is 7.71. The SMILES string of the molecule is CCN(CC)CCCn1c(-c2cnn3c2N[C@H](c2ccccc2)C[C@@H]3C(F)F)n[nH]c1=S. The highest BCUT2D eigenvalue weighted by Crippen LogP contribution is 2.41. The van der Waals surface area contributed by atoms with Gasteiger partial charge in [0.25, 0.3) is 6.43 Å². The number of fused-ring (bicyclic) bond motifs is 1. The Morgan fingerprint density at radius 2 is 1.97 bits per heavy atom. The molecule has 1 aromatic carbocycles. The first-order valence-electron chi connectivity index (χ1n) is 11.1. The summed E-state index contributed by atoms with van der Waals surface area (Å²) in [6.45, 7) is 7.92. The van der Waals surface area contributed by atoms with Crippen LogP contribution in [-0.4, -0.2) is 55.5 Å². The van der Waals surface area contributed by atoms with Crippen molar-refractivity contribution in [2.45, 2.75) is 51.7 Å². The number of hydrogen-bond acceptors (Lipinski definition) is 5. The van der Waals surface area contributed by atoms with E-state index < -0.39 is 12.5 Å². The second-order valence-corrected chi connectivity index (χ2v) is 8.37. The first-order chi connectivity index (χ1) is 15.5. The zero-order valence-electron chi connectivity index (χ0n) is 18.3. The number of alkyl halides is 2. The smallest absolute Gasteiger partial charge is 0.260 e. The fourth-order valence-corrected chi connectivity index (χ4v) is 4.55. The van der Waals surface area contributed by atoms with E-state index in [0.29, 0.717) is 28.5 Å². The lowest BCUT2D eigenvalue weighted by Gasteiger charge is -2.32. The summed E-state index contributed by atoms with van der Waals surface area (Å²) in [4.78, 5) is 2.35. The van der Waals surface area contributed by atoms with Gasteiger partial charge in [-0.1, -0.05) is 44.2 Å². The molecule has 1 aliphatic heterocycles. The molecule has 0 aliphatic carbocycles. The summed E-state index contributed by atoms with van der Waals surface area (Å²) in [5, 5.41) is 15.0. The maximum atomic E-state index is 14.0. The van der Waals surface area contributed by atoms with Gasteiger partial charge in [0.1, 0.15) is 11.9 Å². The van der Waals surface area contributed by atoms with Crippen molar-refractivity contribution in [1.29, 1.82) is 0 Å². The molecule has 2 atom stereocenters. The molecule has 2 aromatic heterocycles. The molecule has 172 valence electrons. The lowest BCUT2D eigenvalue weighted by atomic mass is 9.97. The van der Waals surface area contributed by atoms with E-state index in [4.69, 9.17) is 12.2 Å². The molecule has 0 spiro atoms. The maximum Gasteiger partial charge on any atom is 0.260 e. The molecule has 1 aliphatic rings. The molecule has 3 aromatic rings. The number of aromatic amines is 1. The molecule has 0 unspecified atom stereocenters. The van der Waals surface area contributed by atoms with Crippen LogP contribution in [0.1, 0.15) is 44.3 Å². The first-order valence-corrected chi connectivity index (χ1v) is 11.5. The summed E-state index contributed by atoms with van der Waals surface area (Å²) in [5.41, 5.74) is 1.64. The van der Waals surface area contributed by atoms with Crippen molar-refractivity contribution in [2.75, 3.05) is 25.0 Å². The Balaban J connectivity index is 1.65. The number of anilines is 1. The van der Waals surface area contributed by atoms with Crippen LogP contribution in [0.5, 0.6) is 0 Å². The van der Waals surface area contributed by atoms with E-state index in [-0.39, 0.29) is 12.5 Å². The monoisotopic (exact) mass is 461 g/mol. The van der Waals surface area contributed by atoms with Crippen molar-refractivity contribution in [3.8, 4) is 11.4 Å². The molecular formula is C22H29F2N7S. The average molecular weight is 462 g/mol. The first kappa shape index (κ1) is 22.6. The van der Waals surface area contributed by atoms with E-state index >= 15 is 0 Å². The minimum absolute atomic E-state index is 0.240. The van der Waals surface area contributed by atoms with Crippen LogP contribution in [0.15, 0.2) is 36.5 Å². The highest BCUT2D eigenvalue weighted by Gasteiger charge is 2.36. The predicted octanol–water partition coefficient (Wildman–Crippen LogP) is 4.90. The van der Waals surface area contributed by atoms with E-state index in [1.807, 2.05) is 34.9 Å².